The molecule has 0 aliphatic heterocycles. The van der Waals surface area contributed by atoms with Crippen LogP contribution in [0.2, 0.25) is 0 Å². The van der Waals surface area contributed by atoms with Crippen LogP contribution in [0.1, 0.15) is 36.8 Å². The lowest BCUT2D eigenvalue weighted by Crippen LogP contribution is -2.23. The van der Waals surface area contributed by atoms with Crippen LogP contribution in [0.3, 0.4) is 0 Å². The smallest absolute Gasteiger partial charge is 0.0430 e. The normalized spacial score (nSPS) is 14.6. The molecule has 0 heterocycles. The van der Waals surface area contributed by atoms with Crippen molar-refractivity contribution in [2.24, 2.45) is 0 Å². The van der Waals surface area contributed by atoms with Crippen LogP contribution in [0.25, 0.3) is 0 Å². The van der Waals surface area contributed by atoms with E-state index < -0.39 is 0 Å². The monoisotopic (exact) mass is 277 g/mol. The highest BCUT2D eigenvalue weighted by Crippen LogP contribution is 2.24. The van der Waals surface area contributed by atoms with E-state index in [1.54, 1.807) is 0 Å². The van der Waals surface area contributed by atoms with E-state index in [1.165, 1.54) is 42.5 Å². The molecule has 21 heavy (non-hydrogen) atoms. The molecule has 0 amide bonds. The molecule has 0 N–H and O–H groups in total. The molecule has 0 spiro atoms. The van der Waals surface area contributed by atoms with Crippen molar-refractivity contribution in [1.82, 2.24) is 4.90 Å². The van der Waals surface area contributed by atoms with Crippen LogP contribution in [0.5, 0.6) is 0 Å². The van der Waals surface area contributed by atoms with Gasteiger partial charge in [-0.25, -0.2) is 0 Å². The molecule has 3 rings (SSSR count). The van der Waals surface area contributed by atoms with E-state index in [0.29, 0.717) is 0 Å². The lowest BCUT2D eigenvalue weighted by molar-refractivity contribution is 0.307. The Bertz CT molecular complexity index is 530. The molecule has 0 aromatic heterocycles. The summed E-state index contributed by atoms with van der Waals surface area (Å²) in [6, 6.07) is 21.6. The van der Waals surface area contributed by atoms with Crippen LogP contribution in [-0.4, -0.2) is 4.90 Å². The molecular weight excluding hydrogens is 254 g/mol. The van der Waals surface area contributed by atoms with E-state index in [4.69, 9.17) is 0 Å². The zero-order chi connectivity index (χ0) is 14.3. The second kappa shape index (κ2) is 7.12. The van der Waals surface area contributed by atoms with Crippen LogP contribution in [0.15, 0.2) is 72.4 Å². The average molecular weight is 277 g/mol. The summed E-state index contributed by atoms with van der Waals surface area (Å²) in [6.07, 6.45) is 7.56. The summed E-state index contributed by atoms with van der Waals surface area (Å²) in [4.78, 5) is 2.55. The number of benzene rings is 2. The van der Waals surface area contributed by atoms with Gasteiger partial charge in [-0.3, -0.25) is 0 Å². The summed E-state index contributed by atoms with van der Waals surface area (Å²) in [5, 5.41) is 0. The van der Waals surface area contributed by atoms with Crippen molar-refractivity contribution in [2.45, 2.75) is 38.8 Å². The first kappa shape index (κ1) is 13.9. The summed E-state index contributed by atoms with van der Waals surface area (Å²) < 4.78 is 0. The number of hydrogen-bond donors (Lipinski definition) is 0. The van der Waals surface area contributed by atoms with Gasteiger partial charge in [-0.05, 0) is 36.8 Å². The van der Waals surface area contributed by atoms with Crippen LogP contribution >= 0.6 is 0 Å². The third-order valence-corrected chi connectivity index (χ3v) is 4.11. The number of rotatable bonds is 5. The first-order valence-corrected chi connectivity index (χ1v) is 7.94. The molecule has 0 unspecified atom stereocenters. The maximum absolute atomic E-state index is 2.55. The molecule has 1 aliphatic carbocycles. The number of hydrogen-bond acceptors (Lipinski definition) is 1. The molecule has 0 saturated carbocycles. The minimum atomic E-state index is 1.00. The van der Waals surface area contributed by atoms with Crippen LogP contribution in [-0.2, 0) is 13.1 Å². The zero-order valence-electron chi connectivity index (χ0n) is 12.5. The second-order valence-corrected chi connectivity index (χ2v) is 5.77. The topological polar surface area (TPSA) is 3.24 Å². The zero-order valence-corrected chi connectivity index (χ0v) is 12.5. The SMILES string of the molecule is C1=C(N(Cc2ccccc2)Cc2ccccc2)CCCC1. The molecular formula is C20H23N. The molecule has 0 radical (unpaired) electrons. The van der Waals surface area contributed by atoms with Crippen molar-refractivity contribution < 1.29 is 0 Å². The third-order valence-electron chi connectivity index (χ3n) is 4.11. The predicted octanol–water partition coefficient (Wildman–Crippen LogP) is 5.15. The van der Waals surface area contributed by atoms with E-state index in [9.17, 15) is 0 Å². The van der Waals surface area contributed by atoms with Crippen molar-refractivity contribution in [3.8, 4) is 0 Å². The van der Waals surface area contributed by atoms with E-state index >= 15 is 0 Å². The fourth-order valence-electron chi connectivity index (χ4n) is 2.98. The van der Waals surface area contributed by atoms with Gasteiger partial charge in [0.05, 0.1) is 0 Å². The fourth-order valence-corrected chi connectivity index (χ4v) is 2.98. The largest absolute Gasteiger partial charge is 0.366 e. The molecule has 1 nitrogen and oxygen atoms in total. The van der Waals surface area contributed by atoms with Gasteiger partial charge in [0.15, 0.2) is 0 Å². The summed E-state index contributed by atoms with van der Waals surface area (Å²) in [7, 11) is 0. The Kier molecular flexibility index (Phi) is 4.73. The molecule has 108 valence electrons. The molecule has 1 heteroatoms. The summed E-state index contributed by atoms with van der Waals surface area (Å²) in [6.45, 7) is 2.00. The molecule has 0 bridgehead atoms. The lowest BCUT2D eigenvalue weighted by Gasteiger charge is -2.30. The Morgan fingerprint density at radius 1 is 0.714 bits per heavy atom. The Hall–Kier alpha value is -2.02. The van der Waals surface area contributed by atoms with Gasteiger partial charge in [0, 0.05) is 18.8 Å². The maximum Gasteiger partial charge on any atom is 0.0430 e. The molecule has 0 atom stereocenters. The Morgan fingerprint density at radius 2 is 1.29 bits per heavy atom. The predicted molar refractivity (Wildman–Crippen MR) is 88.7 cm³/mol. The van der Waals surface area contributed by atoms with Crippen molar-refractivity contribution in [1.29, 1.82) is 0 Å². The van der Waals surface area contributed by atoms with Gasteiger partial charge in [-0.15, -0.1) is 0 Å². The molecule has 0 fully saturated rings. The van der Waals surface area contributed by atoms with E-state index in [-0.39, 0.29) is 0 Å². The number of nitrogens with zero attached hydrogens (tertiary/aromatic N) is 1. The Labute approximate surface area is 127 Å². The molecule has 2 aromatic rings. The molecule has 2 aromatic carbocycles. The van der Waals surface area contributed by atoms with Gasteiger partial charge in [0.2, 0.25) is 0 Å². The highest BCUT2D eigenvalue weighted by atomic mass is 15.1. The minimum Gasteiger partial charge on any atom is -0.366 e. The van der Waals surface area contributed by atoms with Crippen molar-refractivity contribution in [2.75, 3.05) is 0 Å². The summed E-state index contributed by atoms with van der Waals surface area (Å²) in [5.74, 6) is 0. The average Bonchev–Trinajstić information content (AvgIpc) is 2.57. The van der Waals surface area contributed by atoms with Crippen molar-refractivity contribution >= 4 is 0 Å². The summed E-state index contributed by atoms with van der Waals surface area (Å²) in [5.41, 5.74) is 4.30. The minimum absolute atomic E-state index is 1.00. The Morgan fingerprint density at radius 3 is 1.76 bits per heavy atom. The first-order valence-electron chi connectivity index (χ1n) is 7.94. The first-order chi connectivity index (χ1) is 10.4. The molecule has 1 aliphatic rings. The van der Waals surface area contributed by atoms with Crippen molar-refractivity contribution in [3.63, 3.8) is 0 Å². The highest BCUT2D eigenvalue weighted by Gasteiger charge is 2.13. The van der Waals surface area contributed by atoms with Crippen LogP contribution in [0.4, 0.5) is 0 Å². The third kappa shape index (κ3) is 3.98. The Balaban J connectivity index is 1.79. The van der Waals surface area contributed by atoms with Gasteiger partial charge in [0.25, 0.3) is 0 Å². The quantitative estimate of drug-likeness (QED) is 0.731. The lowest BCUT2D eigenvalue weighted by atomic mass is 10.0. The van der Waals surface area contributed by atoms with E-state index in [0.717, 1.165) is 13.1 Å². The van der Waals surface area contributed by atoms with Crippen LogP contribution in [0, 0.1) is 0 Å². The second-order valence-electron chi connectivity index (χ2n) is 5.77. The van der Waals surface area contributed by atoms with Gasteiger partial charge >= 0.3 is 0 Å². The summed E-state index contributed by atoms with van der Waals surface area (Å²) >= 11 is 0. The number of allylic oxidation sites excluding steroid dienone is 2. The standard InChI is InChI=1S/C20H23N/c1-4-10-18(11-5-1)16-21(20-14-8-3-9-15-20)17-19-12-6-2-7-13-19/h1-2,4-7,10-14H,3,8-9,15-17H2. The van der Waals surface area contributed by atoms with E-state index in [1.807, 2.05) is 0 Å². The molecule has 0 saturated heterocycles. The van der Waals surface area contributed by atoms with Gasteiger partial charge in [0.1, 0.15) is 0 Å². The van der Waals surface area contributed by atoms with E-state index in [2.05, 4.69) is 71.6 Å². The van der Waals surface area contributed by atoms with Crippen LogP contribution < -0.4 is 0 Å². The fraction of sp³-hybridized carbons (Fsp3) is 0.300. The highest BCUT2D eigenvalue weighted by molar-refractivity contribution is 5.20. The van der Waals surface area contributed by atoms with Crippen molar-refractivity contribution in [3.05, 3.63) is 83.6 Å². The maximum atomic E-state index is 2.55. The van der Waals surface area contributed by atoms with Gasteiger partial charge in [-0.2, -0.15) is 0 Å². The van der Waals surface area contributed by atoms with Gasteiger partial charge in [-0.1, -0.05) is 66.7 Å². The van der Waals surface area contributed by atoms with Gasteiger partial charge < -0.3 is 4.90 Å².